The molecule has 1 fully saturated rings. The average Bonchev–Trinajstić information content (AvgIpc) is 2.85. The van der Waals surface area contributed by atoms with Crippen LogP contribution in [0.5, 0.6) is 0 Å². The summed E-state index contributed by atoms with van der Waals surface area (Å²) in [4.78, 5) is 14.0. The maximum absolute atomic E-state index is 13.4. The number of nitrogens with zero attached hydrogens (tertiary/aromatic N) is 1. The van der Waals surface area contributed by atoms with Crippen LogP contribution in [0, 0.1) is 17.6 Å². The van der Waals surface area contributed by atoms with Crippen LogP contribution < -0.4 is 5.32 Å². The third kappa shape index (κ3) is 3.07. The summed E-state index contributed by atoms with van der Waals surface area (Å²) in [6.07, 6.45) is 1.57. The van der Waals surface area contributed by atoms with E-state index in [1.807, 2.05) is 6.92 Å². The van der Waals surface area contributed by atoms with Gasteiger partial charge in [-0.15, -0.1) is 0 Å². The van der Waals surface area contributed by atoms with Crippen LogP contribution in [0.3, 0.4) is 0 Å². The van der Waals surface area contributed by atoms with Crippen molar-refractivity contribution in [3.05, 3.63) is 35.4 Å². The fraction of sp³-hybridized carbons (Fsp3) is 0.562. The van der Waals surface area contributed by atoms with Crippen LogP contribution in [0.25, 0.3) is 0 Å². The van der Waals surface area contributed by atoms with Gasteiger partial charge >= 0.3 is 0 Å². The Labute approximate surface area is 124 Å². The van der Waals surface area contributed by atoms with Gasteiger partial charge in [-0.3, -0.25) is 10.1 Å². The first-order valence-corrected chi connectivity index (χ1v) is 7.49. The summed E-state index contributed by atoms with van der Waals surface area (Å²) in [6.45, 7) is 6.46. The molecule has 1 aromatic carbocycles. The lowest BCUT2D eigenvalue weighted by Crippen LogP contribution is -2.42. The van der Waals surface area contributed by atoms with Crippen molar-refractivity contribution in [2.45, 2.75) is 45.8 Å². The van der Waals surface area contributed by atoms with Crippen LogP contribution in [0.2, 0.25) is 0 Å². The number of halogens is 2. The van der Waals surface area contributed by atoms with Crippen LogP contribution in [0.4, 0.5) is 8.78 Å². The summed E-state index contributed by atoms with van der Waals surface area (Å²) in [7, 11) is 0. The SMILES string of the molecule is CCC(CC)C(C)N1C(=O)CNC1c1ccc(F)c(F)c1. The number of rotatable bonds is 5. The Hall–Kier alpha value is -1.49. The molecule has 21 heavy (non-hydrogen) atoms. The van der Waals surface area contributed by atoms with Gasteiger partial charge in [0.05, 0.1) is 6.54 Å². The molecule has 116 valence electrons. The minimum atomic E-state index is -0.885. The zero-order valence-corrected chi connectivity index (χ0v) is 12.7. The maximum atomic E-state index is 13.4. The van der Waals surface area contributed by atoms with Crippen LogP contribution >= 0.6 is 0 Å². The largest absolute Gasteiger partial charge is 0.319 e. The van der Waals surface area contributed by atoms with Gasteiger partial charge in [0.25, 0.3) is 0 Å². The Kier molecular flexibility index (Phi) is 4.93. The van der Waals surface area contributed by atoms with Crippen LogP contribution in [-0.2, 0) is 4.79 Å². The van der Waals surface area contributed by atoms with Gasteiger partial charge in [-0.2, -0.15) is 0 Å². The molecule has 0 spiro atoms. The second-order valence-corrected chi connectivity index (χ2v) is 5.58. The van der Waals surface area contributed by atoms with Crippen molar-refractivity contribution in [3.8, 4) is 0 Å². The molecule has 0 radical (unpaired) electrons. The Morgan fingerprint density at radius 3 is 2.52 bits per heavy atom. The highest BCUT2D eigenvalue weighted by molar-refractivity contribution is 5.81. The molecule has 1 aliphatic rings. The minimum Gasteiger partial charge on any atom is -0.319 e. The average molecular weight is 296 g/mol. The third-order valence-electron chi connectivity index (χ3n) is 4.44. The van der Waals surface area contributed by atoms with Crippen molar-refractivity contribution in [3.63, 3.8) is 0 Å². The zero-order valence-electron chi connectivity index (χ0n) is 12.7. The van der Waals surface area contributed by atoms with Crippen molar-refractivity contribution >= 4 is 5.91 Å². The van der Waals surface area contributed by atoms with E-state index in [0.29, 0.717) is 11.5 Å². The van der Waals surface area contributed by atoms with E-state index in [1.54, 1.807) is 4.90 Å². The van der Waals surface area contributed by atoms with E-state index in [0.717, 1.165) is 25.0 Å². The fourth-order valence-corrected chi connectivity index (χ4v) is 3.14. The van der Waals surface area contributed by atoms with Crippen LogP contribution in [0.15, 0.2) is 18.2 Å². The first-order valence-electron chi connectivity index (χ1n) is 7.49. The number of amides is 1. The Morgan fingerprint density at radius 2 is 1.95 bits per heavy atom. The standard InChI is InChI=1S/C16H22F2N2O/c1-4-11(5-2)10(3)20-15(21)9-19-16(20)12-6-7-13(17)14(18)8-12/h6-8,10-11,16,19H,4-5,9H2,1-3H3. The third-order valence-corrected chi connectivity index (χ3v) is 4.44. The summed E-state index contributed by atoms with van der Waals surface area (Å²) in [5.74, 6) is -1.36. The molecule has 1 saturated heterocycles. The van der Waals surface area contributed by atoms with Gasteiger partial charge in [-0.1, -0.05) is 32.8 Å². The monoisotopic (exact) mass is 296 g/mol. The number of benzene rings is 1. The van der Waals surface area contributed by atoms with E-state index in [1.165, 1.54) is 6.07 Å². The molecule has 1 heterocycles. The van der Waals surface area contributed by atoms with E-state index >= 15 is 0 Å². The normalized spacial score (nSPS) is 20.4. The fourth-order valence-electron chi connectivity index (χ4n) is 3.14. The van der Waals surface area contributed by atoms with Gasteiger partial charge in [0.2, 0.25) is 5.91 Å². The lowest BCUT2D eigenvalue weighted by atomic mass is 9.93. The van der Waals surface area contributed by atoms with E-state index < -0.39 is 11.6 Å². The maximum Gasteiger partial charge on any atom is 0.238 e. The van der Waals surface area contributed by atoms with Crippen LogP contribution in [0.1, 0.15) is 45.3 Å². The molecule has 0 aromatic heterocycles. The lowest BCUT2D eigenvalue weighted by Gasteiger charge is -2.35. The quantitative estimate of drug-likeness (QED) is 0.905. The van der Waals surface area contributed by atoms with Gasteiger partial charge in [0.1, 0.15) is 6.17 Å². The van der Waals surface area contributed by atoms with Crippen molar-refractivity contribution in [1.29, 1.82) is 0 Å². The molecule has 2 unspecified atom stereocenters. The highest BCUT2D eigenvalue weighted by atomic mass is 19.2. The summed E-state index contributed by atoms with van der Waals surface area (Å²) >= 11 is 0. The second-order valence-electron chi connectivity index (χ2n) is 5.58. The minimum absolute atomic E-state index is 0.00383. The summed E-state index contributed by atoms with van der Waals surface area (Å²) in [5, 5.41) is 3.09. The van der Waals surface area contributed by atoms with Gasteiger partial charge in [0, 0.05) is 6.04 Å². The number of nitrogens with one attached hydrogen (secondary N) is 1. The molecule has 2 atom stereocenters. The Balaban J connectivity index is 2.29. The van der Waals surface area contributed by atoms with E-state index in [-0.39, 0.29) is 24.7 Å². The molecular formula is C16H22F2N2O. The van der Waals surface area contributed by atoms with Crippen molar-refractivity contribution in [2.75, 3.05) is 6.54 Å². The molecule has 0 aliphatic carbocycles. The lowest BCUT2D eigenvalue weighted by molar-refractivity contribution is -0.131. The molecule has 1 amide bonds. The zero-order chi connectivity index (χ0) is 15.6. The molecular weight excluding hydrogens is 274 g/mol. The van der Waals surface area contributed by atoms with E-state index in [2.05, 4.69) is 19.2 Å². The van der Waals surface area contributed by atoms with Gasteiger partial charge in [0.15, 0.2) is 11.6 Å². The number of carbonyl (C=O) groups excluding carboxylic acids is 1. The molecule has 2 rings (SSSR count). The molecule has 1 N–H and O–H groups in total. The number of hydrogen-bond acceptors (Lipinski definition) is 2. The van der Waals surface area contributed by atoms with Crippen molar-refractivity contribution in [2.24, 2.45) is 5.92 Å². The molecule has 1 aromatic rings. The summed E-state index contributed by atoms with van der Waals surface area (Å²) in [6, 6.07) is 3.86. The highest BCUT2D eigenvalue weighted by Crippen LogP contribution is 2.30. The first kappa shape index (κ1) is 15.9. The predicted octanol–water partition coefficient (Wildman–Crippen LogP) is 3.22. The summed E-state index contributed by atoms with van der Waals surface area (Å²) < 4.78 is 26.5. The topological polar surface area (TPSA) is 32.3 Å². The van der Waals surface area contributed by atoms with Gasteiger partial charge < -0.3 is 4.90 Å². The predicted molar refractivity (Wildman–Crippen MR) is 77.5 cm³/mol. The summed E-state index contributed by atoms with van der Waals surface area (Å²) in [5.41, 5.74) is 0.581. The second kappa shape index (κ2) is 6.52. The van der Waals surface area contributed by atoms with Crippen molar-refractivity contribution < 1.29 is 13.6 Å². The number of carbonyl (C=O) groups is 1. The smallest absolute Gasteiger partial charge is 0.238 e. The molecule has 0 saturated carbocycles. The van der Waals surface area contributed by atoms with Crippen LogP contribution in [-0.4, -0.2) is 23.4 Å². The molecule has 0 bridgehead atoms. The van der Waals surface area contributed by atoms with Gasteiger partial charge in [-0.25, -0.2) is 8.78 Å². The Morgan fingerprint density at radius 1 is 1.29 bits per heavy atom. The number of hydrogen-bond donors (Lipinski definition) is 1. The van der Waals surface area contributed by atoms with Gasteiger partial charge in [-0.05, 0) is 30.5 Å². The molecule has 3 nitrogen and oxygen atoms in total. The van der Waals surface area contributed by atoms with E-state index in [9.17, 15) is 13.6 Å². The van der Waals surface area contributed by atoms with E-state index in [4.69, 9.17) is 0 Å². The molecule has 1 aliphatic heterocycles. The highest BCUT2D eigenvalue weighted by Gasteiger charge is 2.37. The molecule has 5 heteroatoms. The van der Waals surface area contributed by atoms with Crippen molar-refractivity contribution in [1.82, 2.24) is 10.2 Å². The Bertz CT molecular complexity index is 517. The first-order chi connectivity index (χ1) is 9.99.